The summed E-state index contributed by atoms with van der Waals surface area (Å²) in [5.74, 6) is 1.18. The van der Waals surface area contributed by atoms with Gasteiger partial charge in [0.1, 0.15) is 5.75 Å². The first kappa shape index (κ1) is 18.5. The van der Waals surface area contributed by atoms with Crippen molar-refractivity contribution in [3.05, 3.63) is 70.3 Å². The van der Waals surface area contributed by atoms with Crippen LogP contribution in [0.25, 0.3) is 0 Å². The van der Waals surface area contributed by atoms with Crippen LogP contribution in [0.2, 0.25) is 0 Å². The quantitative estimate of drug-likeness (QED) is 0.784. The summed E-state index contributed by atoms with van der Waals surface area (Å²) in [5.41, 5.74) is 3.81. The van der Waals surface area contributed by atoms with E-state index in [1.807, 2.05) is 30.3 Å². The van der Waals surface area contributed by atoms with Crippen molar-refractivity contribution < 1.29 is 9.53 Å². The molecule has 28 heavy (non-hydrogen) atoms. The summed E-state index contributed by atoms with van der Waals surface area (Å²) in [5, 5.41) is 10.7. The van der Waals surface area contributed by atoms with E-state index >= 15 is 0 Å². The molecule has 0 radical (unpaired) electrons. The number of para-hydroxylation sites is 1. The maximum atomic E-state index is 13.0. The highest BCUT2D eigenvalue weighted by atomic mass is 32.2. The fourth-order valence-electron chi connectivity index (χ4n) is 3.77. The van der Waals surface area contributed by atoms with Gasteiger partial charge < -0.3 is 9.64 Å². The molecule has 5 nitrogen and oxygen atoms in total. The van der Waals surface area contributed by atoms with Crippen molar-refractivity contribution in [2.75, 3.05) is 24.6 Å². The Morgan fingerprint density at radius 2 is 2.04 bits per heavy atom. The van der Waals surface area contributed by atoms with Gasteiger partial charge in [0.15, 0.2) is 0 Å². The van der Waals surface area contributed by atoms with Gasteiger partial charge >= 0.3 is 0 Å². The van der Waals surface area contributed by atoms with Crippen molar-refractivity contribution in [1.82, 2.24) is 4.90 Å². The summed E-state index contributed by atoms with van der Waals surface area (Å²) in [6.45, 7) is 2.53. The van der Waals surface area contributed by atoms with Gasteiger partial charge in [0.05, 0.1) is 36.3 Å². The van der Waals surface area contributed by atoms with E-state index < -0.39 is 0 Å². The number of anilines is 1. The van der Waals surface area contributed by atoms with Crippen molar-refractivity contribution in [2.45, 2.75) is 19.3 Å². The van der Waals surface area contributed by atoms with Crippen LogP contribution >= 0.6 is 11.8 Å². The first-order valence-electron chi connectivity index (χ1n) is 9.14. The van der Waals surface area contributed by atoms with E-state index in [2.05, 4.69) is 36.1 Å². The number of rotatable bonds is 3. The Morgan fingerprint density at radius 1 is 1.21 bits per heavy atom. The van der Waals surface area contributed by atoms with Crippen molar-refractivity contribution in [2.24, 2.45) is 0 Å². The van der Waals surface area contributed by atoms with E-state index in [4.69, 9.17) is 4.74 Å². The zero-order chi connectivity index (χ0) is 19.7. The van der Waals surface area contributed by atoms with Gasteiger partial charge in [-0.15, -0.1) is 0 Å². The second-order valence-electron chi connectivity index (χ2n) is 6.94. The minimum atomic E-state index is -0.266. The smallest absolute Gasteiger partial charge is 0.229 e. The molecule has 0 aromatic heterocycles. The van der Waals surface area contributed by atoms with Crippen LogP contribution in [0.15, 0.2) is 59.1 Å². The van der Waals surface area contributed by atoms with E-state index in [0.717, 1.165) is 16.3 Å². The molecule has 0 bridgehead atoms. The molecule has 142 valence electrons. The van der Waals surface area contributed by atoms with Gasteiger partial charge in [-0.1, -0.05) is 42.1 Å². The molecule has 2 aromatic rings. The molecule has 0 saturated carbocycles. The standard InChI is InChI=1S/C22H21N3O2S/c1-15-6-5-7-16(10-15)24-13-25-21(26)11-18(19(12-23)22(25)28-14-24)17-8-3-4-9-20(17)27-2/h3-10,18H,11,13-14H2,1-2H3/t18-/m1/s1. The highest BCUT2D eigenvalue weighted by molar-refractivity contribution is 8.03. The number of hydrogen-bond acceptors (Lipinski definition) is 5. The molecule has 1 fully saturated rings. The number of methoxy groups -OCH3 is 1. The highest BCUT2D eigenvalue weighted by Gasteiger charge is 2.39. The van der Waals surface area contributed by atoms with Crippen molar-refractivity contribution in [3.8, 4) is 11.8 Å². The van der Waals surface area contributed by atoms with Gasteiger partial charge in [-0.05, 0) is 30.7 Å². The number of nitrogens with zero attached hydrogens (tertiary/aromatic N) is 3. The van der Waals surface area contributed by atoms with Crippen molar-refractivity contribution in [1.29, 1.82) is 5.26 Å². The van der Waals surface area contributed by atoms with Crippen LogP contribution < -0.4 is 9.64 Å². The number of amides is 1. The molecule has 0 N–H and O–H groups in total. The van der Waals surface area contributed by atoms with E-state index in [1.165, 1.54) is 5.56 Å². The van der Waals surface area contributed by atoms with Crippen LogP contribution in [0.3, 0.4) is 0 Å². The number of fused-ring (bicyclic) bond motifs is 1. The lowest BCUT2D eigenvalue weighted by molar-refractivity contribution is -0.129. The molecular weight excluding hydrogens is 370 g/mol. The van der Waals surface area contributed by atoms with E-state index in [1.54, 1.807) is 23.8 Å². The third-order valence-corrected chi connectivity index (χ3v) is 6.33. The molecule has 0 spiro atoms. The van der Waals surface area contributed by atoms with Gasteiger partial charge in [-0.2, -0.15) is 5.26 Å². The molecule has 1 amide bonds. The average molecular weight is 391 g/mol. The summed E-state index contributed by atoms with van der Waals surface area (Å²) < 4.78 is 5.48. The second kappa shape index (κ2) is 7.61. The molecule has 1 saturated heterocycles. The molecule has 1 atom stereocenters. The van der Waals surface area contributed by atoms with Crippen LogP contribution in [0.5, 0.6) is 5.75 Å². The van der Waals surface area contributed by atoms with Gasteiger partial charge in [0, 0.05) is 23.6 Å². The number of thioether (sulfide) groups is 1. The predicted octanol–water partition coefficient (Wildman–Crippen LogP) is 4.22. The molecule has 0 aliphatic carbocycles. The number of hydrogen-bond donors (Lipinski definition) is 0. The second-order valence-corrected chi connectivity index (χ2v) is 7.88. The molecule has 2 heterocycles. The van der Waals surface area contributed by atoms with Gasteiger partial charge in [0.2, 0.25) is 5.91 Å². The molecule has 2 aliphatic rings. The Labute approximate surface area is 169 Å². The molecule has 2 aromatic carbocycles. The fraction of sp³-hybridized carbons (Fsp3) is 0.273. The van der Waals surface area contributed by atoms with Crippen LogP contribution in [0.1, 0.15) is 23.5 Å². The van der Waals surface area contributed by atoms with Gasteiger partial charge in [-0.3, -0.25) is 9.69 Å². The van der Waals surface area contributed by atoms with E-state index in [9.17, 15) is 10.1 Å². The van der Waals surface area contributed by atoms with Crippen LogP contribution in [-0.4, -0.2) is 30.5 Å². The zero-order valence-electron chi connectivity index (χ0n) is 15.9. The average Bonchev–Trinajstić information content (AvgIpc) is 2.73. The summed E-state index contributed by atoms with van der Waals surface area (Å²) in [7, 11) is 1.62. The number of ether oxygens (including phenoxy) is 1. The Balaban J connectivity index is 1.69. The third-order valence-electron chi connectivity index (χ3n) is 5.17. The molecular formula is C22H21N3O2S. The normalized spacial score (nSPS) is 19.3. The summed E-state index contributed by atoms with van der Waals surface area (Å²) in [4.78, 5) is 16.9. The Kier molecular flexibility index (Phi) is 5.01. The van der Waals surface area contributed by atoms with Gasteiger partial charge in [0.25, 0.3) is 0 Å². The number of benzene rings is 2. The van der Waals surface area contributed by atoms with Crippen LogP contribution in [0.4, 0.5) is 5.69 Å². The maximum Gasteiger partial charge on any atom is 0.229 e. The fourth-order valence-corrected chi connectivity index (χ4v) is 4.94. The zero-order valence-corrected chi connectivity index (χ0v) is 16.7. The number of aryl methyl sites for hydroxylation is 1. The topological polar surface area (TPSA) is 56.6 Å². The first-order chi connectivity index (χ1) is 13.6. The minimum Gasteiger partial charge on any atom is -0.496 e. The van der Waals surface area contributed by atoms with Crippen LogP contribution in [-0.2, 0) is 4.79 Å². The maximum absolute atomic E-state index is 13.0. The van der Waals surface area contributed by atoms with Crippen molar-refractivity contribution >= 4 is 23.4 Å². The summed E-state index contributed by atoms with van der Waals surface area (Å²) in [6.07, 6.45) is 0.273. The summed E-state index contributed by atoms with van der Waals surface area (Å²) in [6, 6.07) is 18.3. The number of carbonyl (C=O) groups excluding carboxylic acids is 1. The number of allylic oxidation sites excluding steroid dienone is 1. The predicted molar refractivity (Wildman–Crippen MR) is 111 cm³/mol. The molecule has 0 unspecified atom stereocenters. The van der Waals surface area contributed by atoms with E-state index in [0.29, 0.717) is 23.9 Å². The Morgan fingerprint density at radius 3 is 2.79 bits per heavy atom. The number of carbonyl (C=O) groups is 1. The van der Waals surface area contributed by atoms with E-state index in [-0.39, 0.29) is 18.2 Å². The molecule has 2 aliphatic heterocycles. The molecule has 4 rings (SSSR count). The highest BCUT2D eigenvalue weighted by Crippen LogP contribution is 2.45. The lowest BCUT2D eigenvalue weighted by Gasteiger charge is -2.42. The summed E-state index contributed by atoms with van der Waals surface area (Å²) >= 11 is 1.55. The van der Waals surface area contributed by atoms with Gasteiger partial charge in [-0.25, -0.2) is 0 Å². The lowest BCUT2D eigenvalue weighted by atomic mass is 9.86. The number of nitriles is 1. The van der Waals surface area contributed by atoms with Crippen LogP contribution in [0, 0.1) is 18.3 Å². The minimum absolute atomic E-state index is 0.0368. The first-order valence-corrected chi connectivity index (χ1v) is 10.1. The third kappa shape index (κ3) is 3.23. The monoisotopic (exact) mass is 391 g/mol. The molecule has 6 heteroatoms. The Hall–Kier alpha value is -2.91. The van der Waals surface area contributed by atoms with Crippen molar-refractivity contribution in [3.63, 3.8) is 0 Å². The SMILES string of the molecule is COc1ccccc1[C@H]1CC(=O)N2CN(c3cccc(C)c3)CSC2=C1C#N. The largest absolute Gasteiger partial charge is 0.496 e. The Bertz CT molecular complexity index is 995. The lowest BCUT2D eigenvalue weighted by Crippen LogP contribution is -2.47.